The molecule has 0 saturated carbocycles. The quantitative estimate of drug-likeness (QED) is 0.219. The van der Waals surface area contributed by atoms with E-state index >= 15 is 0 Å². The third kappa shape index (κ3) is 6.27. The average Bonchev–Trinajstić information content (AvgIpc) is 2.96. The molecule has 0 bridgehead atoms. The van der Waals surface area contributed by atoms with E-state index in [1.54, 1.807) is 35.3 Å². The van der Waals surface area contributed by atoms with Crippen molar-refractivity contribution < 1.29 is 10.2 Å². The first-order valence-electron chi connectivity index (χ1n) is 13.4. The van der Waals surface area contributed by atoms with E-state index in [9.17, 15) is 15.0 Å². The first-order chi connectivity index (χ1) is 19.9. The second kappa shape index (κ2) is 12.6. The van der Waals surface area contributed by atoms with Crippen LogP contribution in [-0.4, -0.2) is 54.0 Å². The molecule has 0 aliphatic carbocycles. The lowest BCUT2D eigenvalue weighted by Gasteiger charge is -2.18. The standard InChI is InChI=1S/C31H31ClN6O3/c1-19-5-3-4-6-22(19)18-38-29-23(16-34-31(37-29)36-24(9-11-39)10-12-40)13-26(30(38)41)25-8-7-21(14-27(25)32)28-17-33-15-20(2)35-28/h3-8,13-17,24,39-40H,9-12,18H2,1-2H3,(H,34,36,37). The maximum absolute atomic E-state index is 14.1. The van der Waals surface area contributed by atoms with E-state index in [0.717, 1.165) is 22.4 Å². The van der Waals surface area contributed by atoms with Crippen molar-refractivity contribution in [1.82, 2.24) is 24.5 Å². The number of rotatable bonds is 10. The number of nitrogens with zero attached hydrogens (tertiary/aromatic N) is 5. The van der Waals surface area contributed by atoms with Crippen LogP contribution in [0.3, 0.4) is 0 Å². The summed E-state index contributed by atoms with van der Waals surface area (Å²) in [5.74, 6) is 0.316. The number of aliphatic hydroxyl groups excluding tert-OH is 2. The molecule has 3 aromatic heterocycles. The zero-order valence-corrected chi connectivity index (χ0v) is 23.6. The molecule has 41 heavy (non-hydrogen) atoms. The highest BCUT2D eigenvalue weighted by Crippen LogP contribution is 2.31. The number of nitrogens with one attached hydrogen (secondary N) is 1. The molecule has 0 fully saturated rings. The van der Waals surface area contributed by atoms with Gasteiger partial charge in [0.1, 0.15) is 5.65 Å². The highest BCUT2D eigenvalue weighted by atomic mass is 35.5. The summed E-state index contributed by atoms with van der Waals surface area (Å²) in [4.78, 5) is 32.1. The van der Waals surface area contributed by atoms with Crippen LogP contribution in [0.15, 0.2) is 71.9 Å². The lowest BCUT2D eigenvalue weighted by molar-refractivity contribution is 0.247. The second-order valence-corrected chi connectivity index (χ2v) is 10.4. The van der Waals surface area contributed by atoms with Gasteiger partial charge in [0, 0.05) is 58.7 Å². The van der Waals surface area contributed by atoms with Crippen molar-refractivity contribution in [3.05, 3.63) is 99.3 Å². The van der Waals surface area contributed by atoms with Crippen LogP contribution in [0.25, 0.3) is 33.4 Å². The summed E-state index contributed by atoms with van der Waals surface area (Å²) in [6.45, 7) is 4.11. The Morgan fingerprint density at radius 1 is 0.951 bits per heavy atom. The number of hydrogen-bond acceptors (Lipinski definition) is 8. The zero-order valence-electron chi connectivity index (χ0n) is 22.9. The van der Waals surface area contributed by atoms with E-state index in [4.69, 9.17) is 16.6 Å². The van der Waals surface area contributed by atoms with Crippen LogP contribution in [0.5, 0.6) is 0 Å². The van der Waals surface area contributed by atoms with Crippen molar-refractivity contribution in [2.45, 2.75) is 39.3 Å². The van der Waals surface area contributed by atoms with Crippen molar-refractivity contribution in [3.8, 4) is 22.4 Å². The van der Waals surface area contributed by atoms with Crippen molar-refractivity contribution in [1.29, 1.82) is 0 Å². The summed E-state index contributed by atoms with van der Waals surface area (Å²) in [6, 6.07) is 15.0. The van der Waals surface area contributed by atoms with Crippen molar-refractivity contribution in [3.63, 3.8) is 0 Å². The fourth-order valence-corrected chi connectivity index (χ4v) is 5.09. The van der Waals surface area contributed by atoms with Crippen LogP contribution in [-0.2, 0) is 6.54 Å². The molecule has 0 aliphatic heterocycles. The Balaban J connectivity index is 1.64. The molecule has 5 rings (SSSR count). The van der Waals surface area contributed by atoms with Crippen LogP contribution in [0, 0.1) is 13.8 Å². The zero-order chi connectivity index (χ0) is 28.9. The molecule has 9 nitrogen and oxygen atoms in total. The number of aryl methyl sites for hydroxylation is 2. The lowest BCUT2D eigenvalue weighted by atomic mass is 10.0. The van der Waals surface area contributed by atoms with Gasteiger partial charge in [0.15, 0.2) is 0 Å². The second-order valence-electron chi connectivity index (χ2n) is 9.95. The Morgan fingerprint density at radius 3 is 2.44 bits per heavy atom. The summed E-state index contributed by atoms with van der Waals surface area (Å²) in [5.41, 5.74) is 5.58. The third-order valence-electron chi connectivity index (χ3n) is 7.02. The van der Waals surface area contributed by atoms with E-state index in [1.165, 1.54) is 0 Å². The molecule has 0 radical (unpaired) electrons. The normalized spacial score (nSPS) is 11.4. The molecule has 0 spiro atoms. The van der Waals surface area contributed by atoms with Gasteiger partial charge < -0.3 is 15.5 Å². The Kier molecular flexibility index (Phi) is 8.68. The molecule has 3 N–H and O–H groups in total. The predicted octanol–water partition coefficient (Wildman–Crippen LogP) is 4.78. The summed E-state index contributed by atoms with van der Waals surface area (Å²) in [5, 5.41) is 23.1. The van der Waals surface area contributed by atoms with Gasteiger partial charge in [-0.3, -0.25) is 14.3 Å². The van der Waals surface area contributed by atoms with Crippen molar-refractivity contribution in [2.75, 3.05) is 18.5 Å². The Morgan fingerprint density at radius 2 is 1.73 bits per heavy atom. The SMILES string of the molecule is Cc1cncc(-c2ccc(-c3cc4cnc(NC(CCO)CCO)nc4n(Cc4ccccc4C)c3=O)c(Cl)c2)n1. The first-order valence-corrected chi connectivity index (χ1v) is 13.8. The number of pyridine rings is 1. The number of halogens is 1. The summed E-state index contributed by atoms with van der Waals surface area (Å²) >= 11 is 6.78. The van der Waals surface area contributed by atoms with E-state index in [0.29, 0.717) is 58.2 Å². The molecule has 0 saturated heterocycles. The van der Waals surface area contributed by atoms with Gasteiger partial charge in [0.05, 0.1) is 24.1 Å². The molecule has 0 unspecified atom stereocenters. The van der Waals surface area contributed by atoms with Gasteiger partial charge in [-0.15, -0.1) is 0 Å². The highest BCUT2D eigenvalue weighted by molar-refractivity contribution is 6.33. The molecule has 3 heterocycles. The largest absolute Gasteiger partial charge is 0.396 e. The van der Waals surface area contributed by atoms with Crippen molar-refractivity contribution in [2.24, 2.45) is 0 Å². The van der Waals surface area contributed by atoms with Crippen LogP contribution in [0.2, 0.25) is 5.02 Å². The van der Waals surface area contributed by atoms with E-state index in [2.05, 4.69) is 20.3 Å². The Labute approximate surface area is 242 Å². The number of fused-ring (bicyclic) bond motifs is 1. The van der Waals surface area contributed by atoms with Gasteiger partial charge in [0.2, 0.25) is 5.95 Å². The van der Waals surface area contributed by atoms with E-state index in [1.807, 2.05) is 50.2 Å². The number of hydrogen-bond donors (Lipinski definition) is 3. The molecular formula is C31H31ClN6O3. The van der Waals surface area contributed by atoms with Crippen LogP contribution < -0.4 is 10.9 Å². The molecule has 0 atom stereocenters. The van der Waals surface area contributed by atoms with E-state index < -0.39 is 0 Å². The Bertz CT molecular complexity index is 1750. The maximum Gasteiger partial charge on any atom is 0.260 e. The van der Waals surface area contributed by atoms with Crippen LogP contribution in [0.1, 0.15) is 29.7 Å². The third-order valence-corrected chi connectivity index (χ3v) is 7.33. The van der Waals surface area contributed by atoms with Gasteiger partial charge >= 0.3 is 0 Å². The molecule has 5 aromatic rings. The molecule has 0 amide bonds. The van der Waals surface area contributed by atoms with Crippen LogP contribution in [0.4, 0.5) is 5.95 Å². The minimum absolute atomic E-state index is 0.0391. The molecule has 10 heteroatoms. The topological polar surface area (TPSA) is 126 Å². The molecular weight excluding hydrogens is 540 g/mol. The lowest BCUT2D eigenvalue weighted by Crippen LogP contribution is -2.26. The number of aromatic nitrogens is 5. The summed E-state index contributed by atoms with van der Waals surface area (Å²) in [6.07, 6.45) is 5.90. The summed E-state index contributed by atoms with van der Waals surface area (Å²) in [7, 11) is 0. The fraction of sp³-hybridized carbons (Fsp3) is 0.258. The average molecular weight is 571 g/mol. The number of anilines is 1. The van der Waals surface area contributed by atoms with Crippen molar-refractivity contribution >= 4 is 28.6 Å². The van der Waals surface area contributed by atoms with Gasteiger partial charge in [0.25, 0.3) is 5.56 Å². The smallest absolute Gasteiger partial charge is 0.260 e. The van der Waals surface area contributed by atoms with E-state index in [-0.39, 0.29) is 24.8 Å². The van der Waals surface area contributed by atoms with Gasteiger partial charge in [-0.25, -0.2) is 9.97 Å². The monoisotopic (exact) mass is 570 g/mol. The first kappa shape index (κ1) is 28.4. The minimum atomic E-state index is -0.238. The van der Waals surface area contributed by atoms with Gasteiger partial charge in [-0.05, 0) is 49.9 Å². The van der Waals surface area contributed by atoms with Gasteiger partial charge in [-0.1, -0.05) is 48.0 Å². The predicted molar refractivity (Wildman–Crippen MR) is 161 cm³/mol. The minimum Gasteiger partial charge on any atom is -0.396 e. The maximum atomic E-state index is 14.1. The molecule has 0 aliphatic rings. The Hall–Kier alpha value is -4.18. The van der Waals surface area contributed by atoms with Gasteiger partial charge in [-0.2, -0.15) is 4.98 Å². The number of aliphatic hydroxyl groups is 2. The molecule has 210 valence electrons. The fourth-order valence-electron chi connectivity index (χ4n) is 4.80. The highest BCUT2D eigenvalue weighted by Gasteiger charge is 2.18. The van der Waals surface area contributed by atoms with Crippen LogP contribution >= 0.6 is 11.6 Å². The number of benzene rings is 2. The summed E-state index contributed by atoms with van der Waals surface area (Å²) < 4.78 is 1.64. The molecule has 2 aromatic carbocycles.